The number of aryl methyl sites for hydroxylation is 2. The third-order valence-electron chi connectivity index (χ3n) is 5.35. The fourth-order valence-electron chi connectivity index (χ4n) is 3.44. The van der Waals surface area contributed by atoms with E-state index < -0.39 is 0 Å². The van der Waals surface area contributed by atoms with Gasteiger partial charge in [0.2, 0.25) is 5.91 Å². The van der Waals surface area contributed by atoms with Crippen LogP contribution in [-0.2, 0) is 4.79 Å². The summed E-state index contributed by atoms with van der Waals surface area (Å²) in [6.07, 6.45) is 1.38. The third-order valence-corrected chi connectivity index (χ3v) is 5.35. The van der Waals surface area contributed by atoms with Gasteiger partial charge in [-0.05, 0) is 67.8 Å². The monoisotopic (exact) mass is 382 g/mol. The smallest absolute Gasteiger partial charge is 0.226 e. The topological polar surface area (TPSA) is 42.0 Å². The second-order valence-electron chi connectivity index (χ2n) is 7.26. The zero-order valence-corrected chi connectivity index (χ0v) is 17.1. The van der Waals surface area contributed by atoms with Gasteiger partial charge in [0, 0.05) is 31.9 Å². The maximum Gasteiger partial charge on any atom is 0.226 e. The van der Waals surface area contributed by atoms with Crippen LogP contribution >= 0.6 is 0 Å². The lowest BCUT2D eigenvalue weighted by Gasteiger charge is -2.24. The van der Waals surface area contributed by atoms with Gasteiger partial charge in [0.1, 0.15) is 11.5 Å². The Bertz CT molecular complexity index is 789. The van der Waals surface area contributed by atoms with Gasteiger partial charge in [0.15, 0.2) is 0 Å². The molecule has 1 saturated heterocycles. The fraction of sp³-hybridized carbons (Fsp3) is 0.435. The van der Waals surface area contributed by atoms with Crippen LogP contribution < -0.4 is 14.4 Å². The van der Waals surface area contributed by atoms with E-state index in [4.69, 9.17) is 9.47 Å². The highest BCUT2D eigenvalue weighted by Crippen LogP contribution is 2.21. The molecule has 0 unspecified atom stereocenters. The molecule has 28 heavy (non-hydrogen) atoms. The molecule has 0 atom stereocenters. The van der Waals surface area contributed by atoms with Crippen molar-refractivity contribution in [3.05, 3.63) is 53.6 Å². The predicted molar refractivity (Wildman–Crippen MR) is 112 cm³/mol. The number of ether oxygens (including phenoxy) is 2. The van der Waals surface area contributed by atoms with Gasteiger partial charge in [-0.25, -0.2) is 0 Å². The van der Waals surface area contributed by atoms with Crippen molar-refractivity contribution >= 4 is 11.6 Å². The van der Waals surface area contributed by atoms with Crippen molar-refractivity contribution in [1.29, 1.82) is 0 Å². The minimum Gasteiger partial charge on any atom is -0.497 e. The Kier molecular flexibility index (Phi) is 6.80. The maximum atomic E-state index is 12.6. The van der Waals surface area contributed by atoms with Crippen molar-refractivity contribution in [1.82, 2.24) is 4.90 Å². The summed E-state index contributed by atoms with van der Waals surface area (Å²) in [5, 5.41) is 0. The van der Waals surface area contributed by atoms with E-state index in [9.17, 15) is 4.79 Å². The molecule has 1 amide bonds. The molecule has 0 aromatic heterocycles. The Labute approximate surface area is 167 Å². The van der Waals surface area contributed by atoms with Crippen LogP contribution in [0.1, 0.15) is 24.0 Å². The average molecular weight is 383 g/mol. The largest absolute Gasteiger partial charge is 0.497 e. The Morgan fingerprint density at radius 2 is 1.68 bits per heavy atom. The summed E-state index contributed by atoms with van der Waals surface area (Å²) in [7, 11) is 1.67. The molecule has 1 heterocycles. The van der Waals surface area contributed by atoms with Gasteiger partial charge in [-0.3, -0.25) is 4.79 Å². The number of carbonyl (C=O) groups excluding carboxylic acids is 1. The fourth-order valence-corrected chi connectivity index (χ4v) is 3.44. The minimum absolute atomic E-state index is 0.167. The van der Waals surface area contributed by atoms with Crippen LogP contribution in [-0.4, -0.2) is 50.7 Å². The van der Waals surface area contributed by atoms with E-state index in [0.29, 0.717) is 13.0 Å². The van der Waals surface area contributed by atoms with Gasteiger partial charge in [0.05, 0.1) is 20.1 Å². The number of amides is 1. The summed E-state index contributed by atoms with van der Waals surface area (Å²) in [6.45, 7) is 7.91. The van der Waals surface area contributed by atoms with Crippen molar-refractivity contribution in [3.63, 3.8) is 0 Å². The Morgan fingerprint density at radius 1 is 0.929 bits per heavy atom. The van der Waals surface area contributed by atoms with Crippen LogP contribution in [0.15, 0.2) is 42.5 Å². The van der Waals surface area contributed by atoms with Crippen molar-refractivity contribution in [2.24, 2.45) is 0 Å². The predicted octanol–water partition coefficient (Wildman–Crippen LogP) is 3.82. The van der Waals surface area contributed by atoms with Crippen LogP contribution in [0.2, 0.25) is 0 Å². The van der Waals surface area contributed by atoms with Crippen LogP contribution in [0, 0.1) is 13.8 Å². The lowest BCUT2D eigenvalue weighted by atomic mass is 10.1. The molecular formula is C23H30N2O3. The zero-order valence-electron chi connectivity index (χ0n) is 17.1. The number of hydrogen-bond donors (Lipinski definition) is 0. The molecule has 5 nitrogen and oxygen atoms in total. The molecule has 5 heteroatoms. The number of carbonyl (C=O) groups is 1. The van der Waals surface area contributed by atoms with Crippen molar-refractivity contribution < 1.29 is 14.3 Å². The SMILES string of the molecule is COc1ccc(N2CCCN(C(=O)CCOc3ccc(C)c(C)c3)CC2)cc1. The maximum absolute atomic E-state index is 12.6. The van der Waals surface area contributed by atoms with E-state index >= 15 is 0 Å². The summed E-state index contributed by atoms with van der Waals surface area (Å²) in [5.74, 6) is 1.86. The Hall–Kier alpha value is -2.69. The number of nitrogens with zero attached hydrogens (tertiary/aromatic N) is 2. The zero-order chi connectivity index (χ0) is 19.9. The quantitative estimate of drug-likeness (QED) is 0.762. The molecule has 1 aliphatic heterocycles. The van der Waals surface area contributed by atoms with E-state index in [0.717, 1.165) is 44.1 Å². The van der Waals surface area contributed by atoms with E-state index in [1.165, 1.54) is 16.8 Å². The molecule has 3 rings (SSSR count). The van der Waals surface area contributed by atoms with Gasteiger partial charge < -0.3 is 19.3 Å². The number of benzene rings is 2. The Morgan fingerprint density at radius 3 is 2.39 bits per heavy atom. The van der Waals surface area contributed by atoms with E-state index in [2.05, 4.69) is 36.9 Å². The number of hydrogen-bond acceptors (Lipinski definition) is 4. The second-order valence-corrected chi connectivity index (χ2v) is 7.26. The highest BCUT2D eigenvalue weighted by atomic mass is 16.5. The highest BCUT2D eigenvalue weighted by Gasteiger charge is 2.19. The summed E-state index contributed by atoms with van der Waals surface area (Å²) < 4.78 is 11.0. The van der Waals surface area contributed by atoms with Crippen LogP contribution in [0.5, 0.6) is 11.5 Å². The molecule has 0 saturated carbocycles. The van der Waals surface area contributed by atoms with Gasteiger partial charge >= 0.3 is 0 Å². The summed E-state index contributed by atoms with van der Waals surface area (Å²) >= 11 is 0. The number of methoxy groups -OCH3 is 1. The standard InChI is InChI=1S/C23H30N2O3/c1-18-5-8-22(17-19(18)2)28-16-11-23(26)25-13-4-12-24(14-15-25)20-6-9-21(27-3)10-7-20/h5-10,17H,4,11-16H2,1-3H3. The first-order valence-corrected chi connectivity index (χ1v) is 9.93. The molecular weight excluding hydrogens is 352 g/mol. The van der Waals surface area contributed by atoms with Gasteiger partial charge in [-0.15, -0.1) is 0 Å². The first-order valence-electron chi connectivity index (χ1n) is 9.93. The van der Waals surface area contributed by atoms with Crippen LogP contribution in [0.3, 0.4) is 0 Å². The molecule has 0 aliphatic carbocycles. The molecule has 0 bridgehead atoms. The summed E-state index contributed by atoms with van der Waals surface area (Å²) in [5.41, 5.74) is 3.62. The van der Waals surface area contributed by atoms with Gasteiger partial charge in [-0.1, -0.05) is 6.07 Å². The second kappa shape index (κ2) is 9.49. The molecule has 150 valence electrons. The lowest BCUT2D eigenvalue weighted by Crippen LogP contribution is -2.35. The van der Waals surface area contributed by atoms with Gasteiger partial charge in [-0.2, -0.15) is 0 Å². The normalized spacial score (nSPS) is 14.5. The highest BCUT2D eigenvalue weighted by molar-refractivity contribution is 5.76. The molecule has 0 spiro atoms. The molecule has 0 radical (unpaired) electrons. The summed E-state index contributed by atoms with van der Waals surface area (Å²) in [6, 6.07) is 14.2. The average Bonchev–Trinajstić information content (AvgIpc) is 2.97. The number of rotatable bonds is 6. The molecule has 2 aromatic carbocycles. The van der Waals surface area contributed by atoms with Crippen molar-refractivity contribution in [2.75, 3.05) is 44.8 Å². The van der Waals surface area contributed by atoms with E-state index in [1.54, 1.807) is 7.11 Å². The van der Waals surface area contributed by atoms with Crippen molar-refractivity contribution in [3.8, 4) is 11.5 Å². The van der Waals surface area contributed by atoms with Crippen molar-refractivity contribution in [2.45, 2.75) is 26.7 Å². The third kappa shape index (κ3) is 5.18. The van der Waals surface area contributed by atoms with E-state index in [-0.39, 0.29) is 5.91 Å². The first-order chi connectivity index (χ1) is 13.6. The molecule has 1 aliphatic rings. The van der Waals surface area contributed by atoms with E-state index in [1.807, 2.05) is 29.2 Å². The van der Waals surface area contributed by atoms with Gasteiger partial charge in [0.25, 0.3) is 0 Å². The molecule has 1 fully saturated rings. The number of anilines is 1. The Balaban J connectivity index is 1.47. The molecule has 2 aromatic rings. The summed E-state index contributed by atoms with van der Waals surface area (Å²) in [4.78, 5) is 16.9. The first kappa shape index (κ1) is 20.1. The van der Waals surface area contributed by atoms with Crippen LogP contribution in [0.25, 0.3) is 0 Å². The van der Waals surface area contributed by atoms with Crippen LogP contribution in [0.4, 0.5) is 5.69 Å². The minimum atomic E-state index is 0.167. The lowest BCUT2D eigenvalue weighted by molar-refractivity contribution is -0.131. The molecule has 0 N–H and O–H groups in total.